The Kier molecular flexibility index (Phi) is 3.72. The summed E-state index contributed by atoms with van der Waals surface area (Å²) in [7, 11) is 0. The summed E-state index contributed by atoms with van der Waals surface area (Å²) < 4.78 is 10.7. The van der Waals surface area contributed by atoms with E-state index < -0.39 is 11.8 Å². The van der Waals surface area contributed by atoms with Crippen LogP contribution in [0.15, 0.2) is 48.3 Å². The highest BCUT2D eigenvalue weighted by molar-refractivity contribution is 5.94. The van der Waals surface area contributed by atoms with Gasteiger partial charge in [0, 0.05) is 13.8 Å². The number of rotatable bonds is 2. The van der Waals surface area contributed by atoms with Gasteiger partial charge in [0.1, 0.15) is 11.3 Å². The number of esters is 1. The van der Waals surface area contributed by atoms with Crippen LogP contribution >= 0.6 is 0 Å². The fraction of sp³-hybridized carbons (Fsp3) is 0.308. The van der Waals surface area contributed by atoms with E-state index in [-0.39, 0.29) is 0 Å². The number of carbonyl (C=O) groups is 1. The molecule has 0 amide bonds. The predicted molar refractivity (Wildman–Crippen MR) is 62.4 cm³/mol. The minimum Gasteiger partial charge on any atom is -0.452 e. The first kappa shape index (κ1) is 12.3. The molecule has 0 N–H and O–H groups in total. The van der Waals surface area contributed by atoms with Gasteiger partial charge in [0.15, 0.2) is 0 Å². The van der Waals surface area contributed by atoms with Crippen molar-refractivity contribution >= 4 is 5.97 Å². The van der Waals surface area contributed by atoms with Crippen molar-refractivity contribution in [1.29, 1.82) is 0 Å². The fourth-order valence-corrected chi connectivity index (χ4v) is 1.29. The molecule has 0 aromatic rings. The van der Waals surface area contributed by atoms with Crippen LogP contribution in [-0.4, -0.2) is 11.8 Å². The van der Waals surface area contributed by atoms with Crippen molar-refractivity contribution in [1.82, 2.24) is 0 Å². The zero-order valence-corrected chi connectivity index (χ0v) is 9.82. The van der Waals surface area contributed by atoms with E-state index in [1.54, 1.807) is 32.1 Å². The molecule has 1 heterocycles. The van der Waals surface area contributed by atoms with Gasteiger partial charge in [-0.05, 0) is 19.1 Å². The van der Waals surface area contributed by atoms with Gasteiger partial charge >= 0.3 is 5.97 Å². The Labute approximate surface area is 95.7 Å². The maximum absolute atomic E-state index is 11.7. The second-order valence-electron chi connectivity index (χ2n) is 3.76. The summed E-state index contributed by atoms with van der Waals surface area (Å²) in [5, 5.41) is 0. The van der Waals surface area contributed by atoms with E-state index in [0.717, 1.165) is 0 Å². The molecule has 0 radical (unpaired) electrons. The van der Waals surface area contributed by atoms with Crippen molar-refractivity contribution in [3.63, 3.8) is 0 Å². The minimum atomic E-state index is -0.928. The normalized spacial score (nSPS) is 24.6. The van der Waals surface area contributed by atoms with E-state index in [0.29, 0.717) is 11.3 Å². The first-order valence-electron chi connectivity index (χ1n) is 5.08. The van der Waals surface area contributed by atoms with Crippen LogP contribution in [0.2, 0.25) is 0 Å². The molecule has 1 saturated heterocycles. The summed E-state index contributed by atoms with van der Waals surface area (Å²) >= 11 is 0. The Balaban J connectivity index is 3.12. The highest BCUT2D eigenvalue weighted by atomic mass is 16.7. The summed E-state index contributed by atoms with van der Waals surface area (Å²) in [5.74, 6) is -0.825. The molecule has 0 aromatic heterocycles. The quantitative estimate of drug-likeness (QED) is 0.530. The summed E-state index contributed by atoms with van der Waals surface area (Å²) in [6.07, 6.45) is 8.50. The maximum Gasteiger partial charge on any atom is 0.345 e. The van der Waals surface area contributed by atoms with E-state index in [9.17, 15) is 4.79 Å². The lowest BCUT2D eigenvalue weighted by Gasteiger charge is -2.33. The lowest BCUT2D eigenvalue weighted by atomic mass is 10.1. The monoisotopic (exact) mass is 220 g/mol. The second kappa shape index (κ2) is 4.84. The number of carbonyl (C=O) groups excluding carboxylic acids is 1. The molecule has 1 aliphatic rings. The molecule has 16 heavy (non-hydrogen) atoms. The molecule has 3 heteroatoms. The predicted octanol–water partition coefficient (Wildman–Crippen LogP) is 2.87. The highest BCUT2D eigenvalue weighted by Gasteiger charge is 2.35. The largest absolute Gasteiger partial charge is 0.452 e. The van der Waals surface area contributed by atoms with E-state index in [2.05, 4.69) is 6.58 Å². The van der Waals surface area contributed by atoms with Crippen LogP contribution in [0.1, 0.15) is 20.8 Å². The molecule has 0 saturated carbocycles. The summed E-state index contributed by atoms with van der Waals surface area (Å²) in [4.78, 5) is 11.7. The lowest BCUT2D eigenvalue weighted by molar-refractivity contribution is -0.208. The zero-order valence-electron chi connectivity index (χ0n) is 9.82. The van der Waals surface area contributed by atoms with Gasteiger partial charge < -0.3 is 9.47 Å². The Morgan fingerprint density at radius 2 is 1.94 bits per heavy atom. The van der Waals surface area contributed by atoms with Crippen molar-refractivity contribution in [3.8, 4) is 0 Å². The van der Waals surface area contributed by atoms with E-state index >= 15 is 0 Å². The molecule has 0 bridgehead atoms. The molecule has 0 atom stereocenters. The van der Waals surface area contributed by atoms with Crippen molar-refractivity contribution in [2.24, 2.45) is 0 Å². The summed E-state index contributed by atoms with van der Waals surface area (Å²) in [6.45, 7) is 8.83. The third-order valence-corrected chi connectivity index (χ3v) is 1.90. The van der Waals surface area contributed by atoms with Crippen LogP contribution in [-0.2, 0) is 14.3 Å². The van der Waals surface area contributed by atoms with Crippen LogP contribution in [0.4, 0.5) is 0 Å². The van der Waals surface area contributed by atoms with Gasteiger partial charge in [-0.3, -0.25) is 0 Å². The van der Waals surface area contributed by atoms with E-state index in [1.165, 1.54) is 6.08 Å². The average molecular weight is 220 g/mol. The van der Waals surface area contributed by atoms with Gasteiger partial charge in [0.2, 0.25) is 5.79 Å². The molecule has 1 aliphatic heterocycles. The molecule has 0 spiro atoms. The van der Waals surface area contributed by atoms with Gasteiger partial charge in [-0.2, -0.15) is 0 Å². The Bertz CT molecular complexity index is 384. The van der Waals surface area contributed by atoms with Crippen molar-refractivity contribution < 1.29 is 14.3 Å². The molecule has 1 rings (SSSR count). The smallest absolute Gasteiger partial charge is 0.345 e. The standard InChI is InChI=1S/C13H16O3/c1-5-7-9-11-10(8-6-2)12(14)16-13(3,4)15-11/h5-9H,2H2,1,3-4H3/b7-5-,10-8+,11-9+. The molecule has 3 nitrogen and oxygen atoms in total. The zero-order chi connectivity index (χ0) is 12.2. The first-order chi connectivity index (χ1) is 7.50. The van der Waals surface area contributed by atoms with Crippen LogP contribution in [0, 0.1) is 0 Å². The van der Waals surface area contributed by atoms with Gasteiger partial charge in [-0.15, -0.1) is 0 Å². The fourth-order valence-electron chi connectivity index (χ4n) is 1.29. The molecule has 0 unspecified atom stereocenters. The topological polar surface area (TPSA) is 35.5 Å². The maximum atomic E-state index is 11.7. The lowest BCUT2D eigenvalue weighted by Crippen LogP contribution is -2.37. The van der Waals surface area contributed by atoms with Gasteiger partial charge in [0.25, 0.3) is 0 Å². The van der Waals surface area contributed by atoms with Crippen LogP contribution < -0.4 is 0 Å². The molecular formula is C13H16O3. The van der Waals surface area contributed by atoms with Crippen LogP contribution in [0.3, 0.4) is 0 Å². The van der Waals surface area contributed by atoms with Crippen molar-refractivity contribution in [2.45, 2.75) is 26.6 Å². The molecular weight excluding hydrogens is 204 g/mol. The van der Waals surface area contributed by atoms with Crippen molar-refractivity contribution in [2.75, 3.05) is 0 Å². The van der Waals surface area contributed by atoms with Crippen LogP contribution in [0.5, 0.6) is 0 Å². The number of ether oxygens (including phenoxy) is 2. The van der Waals surface area contributed by atoms with E-state index in [1.807, 2.05) is 13.0 Å². The Morgan fingerprint density at radius 3 is 2.50 bits per heavy atom. The highest BCUT2D eigenvalue weighted by Crippen LogP contribution is 2.29. The molecule has 0 aromatic carbocycles. The number of allylic oxidation sites excluding steroid dienone is 5. The number of hydrogen-bond donors (Lipinski definition) is 0. The van der Waals surface area contributed by atoms with Crippen LogP contribution in [0.25, 0.3) is 0 Å². The number of hydrogen-bond acceptors (Lipinski definition) is 3. The van der Waals surface area contributed by atoms with Gasteiger partial charge in [-0.1, -0.05) is 24.8 Å². The number of cyclic esters (lactones) is 1. The van der Waals surface area contributed by atoms with Gasteiger partial charge in [-0.25, -0.2) is 4.79 Å². The first-order valence-corrected chi connectivity index (χ1v) is 5.08. The van der Waals surface area contributed by atoms with E-state index in [4.69, 9.17) is 9.47 Å². The third-order valence-electron chi connectivity index (χ3n) is 1.90. The Hall–Kier alpha value is -1.77. The van der Waals surface area contributed by atoms with Crippen molar-refractivity contribution in [3.05, 3.63) is 48.3 Å². The minimum absolute atomic E-state index is 0.382. The van der Waals surface area contributed by atoms with Gasteiger partial charge in [0.05, 0.1) is 0 Å². The molecule has 1 fully saturated rings. The Morgan fingerprint density at radius 1 is 1.25 bits per heavy atom. The molecule has 0 aliphatic carbocycles. The summed E-state index contributed by atoms with van der Waals surface area (Å²) in [6, 6.07) is 0. The SMILES string of the molecule is C=C/C=C1/C(=O)OC(C)(C)O/C1=C/C=C\C. The summed E-state index contributed by atoms with van der Waals surface area (Å²) in [5.41, 5.74) is 0.382. The second-order valence-corrected chi connectivity index (χ2v) is 3.76. The average Bonchev–Trinajstić information content (AvgIpc) is 2.18. The third kappa shape index (κ3) is 2.86. The molecule has 86 valence electrons.